The van der Waals surface area contributed by atoms with Crippen molar-refractivity contribution in [1.82, 2.24) is 0 Å². The summed E-state index contributed by atoms with van der Waals surface area (Å²) in [5, 5.41) is 12.7. The van der Waals surface area contributed by atoms with Gasteiger partial charge in [0.2, 0.25) is 0 Å². The van der Waals surface area contributed by atoms with Crippen LogP contribution in [0.25, 0.3) is 0 Å². The molecule has 0 heterocycles. The van der Waals surface area contributed by atoms with Crippen LogP contribution in [-0.2, 0) is 14.3 Å². The van der Waals surface area contributed by atoms with Crippen LogP contribution < -0.4 is 5.32 Å². The molecule has 0 aliphatic carbocycles. The smallest absolute Gasteiger partial charge is 0.298 e. The lowest BCUT2D eigenvalue weighted by molar-refractivity contribution is -0.384. The second-order valence-electron chi connectivity index (χ2n) is 3.63. The second kappa shape index (κ2) is 7.46. The molecule has 1 N–H and O–H groups in total. The number of ether oxygens (including phenoxy) is 2. The number of rotatable bonds is 7. The van der Waals surface area contributed by atoms with Gasteiger partial charge in [-0.2, -0.15) is 0 Å². The number of nitrogens with zero attached hydrogens (tertiary/aromatic N) is 1. The van der Waals surface area contributed by atoms with E-state index in [0.717, 1.165) is 0 Å². The van der Waals surface area contributed by atoms with Crippen LogP contribution in [0, 0.1) is 21.7 Å². The average molecular weight is 290 g/mol. The first kappa shape index (κ1) is 15.9. The highest BCUT2D eigenvalue weighted by Gasteiger charge is 2.22. The number of carbonyl (C=O) groups is 1. The number of halogens is 2. The van der Waals surface area contributed by atoms with Crippen LogP contribution in [0.1, 0.15) is 0 Å². The zero-order valence-corrected chi connectivity index (χ0v) is 10.5. The highest BCUT2D eigenvalue weighted by atomic mass is 19.1. The average Bonchev–Trinajstić information content (AvgIpc) is 2.37. The van der Waals surface area contributed by atoms with Gasteiger partial charge in [0.05, 0.1) is 24.2 Å². The molecule has 110 valence electrons. The first-order valence-electron chi connectivity index (χ1n) is 5.45. The number of nitro benzene ring substituents is 1. The number of nitrogens with one attached hydrogen (secondary N) is 1. The van der Waals surface area contributed by atoms with E-state index in [1.807, 2.05) is 5.32 Å². The van der Waals surface area contributed by atoms with Gasteiger partial charge in [-0.1, -0.05) is 0 Å². The number of hydrogen-bond donors (Lipinski definition) is 1. The van der Waals surface area contributed by atoms with Crippen molar-refractivity contribution >= 4 is 17.3 Å². The van der Waals surface area contributed by atoms with Crippen molar-refractivity contribution in [1.29, 1.82) is 0 Å². The summed E-state index contributed by atoms with van der Waals surface area (Å²) in [4.78, 5) is 21.1. The molecule has 9 heteroatoms. The van der Waals surface area contributed by atoms with Crippen molar-refractivity contribution in [2.75, 3.05) is 32.2 Å². The molecule has 0 saturated carbocycles. The molecule has 0 aliphatic heterocycles. The first-order chi connectivity index (χ1) is 9.45. The molecule has 0 spiro atoms. The maximum atomic E-state index is 13.5. The molecule has 0 radical (unpaired) electrons. The maximum Gasteiger partial charge on any atom is 0.298 e. The topological polar surface area (TPSA) is 90.7 Å². The lowest BCUT2D eigenvalue weighted by atomic mass is 10.2. The summed E-state index contributed by atoms with van der Waals surface area (Å²) in [7, 11) is 1.45. The number of nitro groups is 1. The predicted molar refractivity (Wildman–Crippen MR) is 64.3 cm³/mol. The quantitative estimate of drug-likeness (QED) is 0.466. The number of benzene rings is 1. The first-order valence-corrected chi connectivity index (χ1v) is 5.45. The van der Waals surface area contributed by atoms with Crippen LogP contribution in [0.2, 0.25) is 0 Å². The Morgan fingerprint density at radius 1 is 1.40 bits per heavy atom. The molecule has 0 saturated heterocycles. The fourth-order valence-electron chi connectivity index (χ4n) is 1.31. The number of anilines is 1. The Balaban J connectivity index is 2.76. The van der Waals surface area contributed by atoms with Crippen molar-refractivity contribution < 1.29 is 28.0 Å². The van der Waals surface area contributed by atoms with Crippen molar-refractivity contribution in [2.24, 2.45) is 0 Å². The van der Waals surface area contributed by atoms with Crippen molar-refractivity contribution in [3.63, 3.8) is 0 Å². The molecule has 0 aromatic heterocycles. The Labute approximate surface area is 112 Å². The van der Waals surface area contributed by atoms with E-state index in [1.54, 1.807) is 0 Å². The van der Waals surface area contributed by atoms with Gasteiger partial charge in [0.25, 0.3) is 11.6 Å². The molecule has 1 amide bonds. The van der Waals surface area contributed by atoms with E-state index in [2.05, 4.69) is 4.74 Å². The van der Waals surface area contributed by atoms with Crippen LogP contribution >= 0.6 is 0 Å². The summed E-state index contributed by atoms with van der Waals surface area (Å²) in [6.07, 6.45) is 0. The van der Waals surface area contributed by atoms with E-state index in [4.69, 9.17) is 4.74 Å². The molecule has 0 unspecified atom stereocenters. The normalized spacial score (nSPS) is 10.3. The Hall–Kier alpha value is -2.13. The lowest BCUT2D eigenvalue weighted by Gasteiger charge is -2.08. The summed E-state index contributed by atoms with van der Waals surface area (Å²) in [5.74, 6) is -3.14. The van der Waals surface area contributed by atoms with Gasteiger partial charge in [-0.3, -0.25) is 14.9 Å². The number of amides is 1. The predicted octanol–water partition coefficient (Wildman–Crippen LogP) is 1.47. The number of methoxy groups -OCH3 is 1. The lowest BCUT2D eigenvalue weighted by Crippen LogP contribution is -2.21. The van der Waals surface area contributed by atoms with E-state index in [9.17, 15) is 23.7 Å². The monoisotopic (exact) mass is 290 g/mol. The van der Waals surface area contributed by atoms with Crippen LogP contribution in [0.3, 0.4) is 0 Å². The minimum atomic E-state index is -1.23. The molecule has 0 aliphatic rings. The molecule has 1 aromatic carbocycles. The fourth-order valence-corrected chi connectivity index (χ4v) is 1.31. The van der Waals surface area contributed by atoms with E-state index in [0.29, 0.717) is 12.1 Å². The maximum absolute atomic E-state index is 13.5. The van der Waals surface area contributed by atoms with Gasteiger partial charge in [-0.05, 0) is 0 Å². The van der Waals surface area contributed by atoms with Gasteiger partial charge >= 0.3 is 0 Å². The van der Waals surface area contributed by atoms with Gasteiger partial charge in [0.1, 0.15) is 12.4 Å². The van der Waals surface area contributed by atoms with Gasteiger partial charge in [-0.25, -0.2) is 8.78 Å². The second-order valence-corrected chi connectivity index (χ2v) is 3.63. The third-order valence-corrected chi connectivity index (χ3v) is 2.16. The minimum Gasteiger partial charge on any atom is -0.382 e. The molecule has 20 heavy (non-hydrogen) atoms. The Morgan fingerprint density at radius 3 is 2.70 bits per heavy atom. The van der Waals surface area contributed by atoms with Crippen LogP contribution in [0.15, 0.2) is 12.1 Å². The standard InChI is InChI=1S/C11H12F2N2O5/c1-19-2-3-20-6-10(16)14-11-8(13)4-7(12)5-9(11)15(17)18/h4-5H,2-3,6H2,1H3,(H,14,16). The Morgan fingerprint density at radius 2 is 2.10 bits per heavy atom. The summed E-state index contributed by atoms with van der Waals surface area (Å²) >= 11 is 0. The molecule has 0 atom stereocenters. The third-order valence-electron chi connectivity index (χ3n) is 2.16. The van der Waals surface area contributed by atoms with E-state index in [1.165, 1.54) is 7.11 Å². The molecule has 0 fully saturated rings. The van der Waals surface area contributed by atoms with Gasteiger partial charge < -0.3 is 14.8 Å². The van der Waals surface area contributed by atoms with Gasteiger partial charge in [0, 0.05) is 13.2 Å². The molecule has 1 rings (SSSR count). The van der Waals surface area contributed by atoms with E-state index < -0.39 is 40.4 Å². The Kier molecular flexibility index (Phi) is 5.94. The molecule has 0 bridgehead atoms. The SMILES string of the molecule is COCCOCC(=O)Nc1c(F)cc(F)cc1[N+](=O)[O-]. The zero-order chi connectivity index (χ0) is 15.1. The van der Waals surface area contributed by atoms with Crippen molar-refractivity contribution in [3.05, 3.63) is 33.9 Å². The molecule has 1 aromatic rings. The van der Waals surface area contributed by atoms with Gasteiger partial charge in [-0.15, -0.1) is 0 Å². The van der Waals surface area contributed by atoms with Gasteiger partial charge in [0.15, 0.2) is 11.5 Å². The van der Waals surface area contributed by atoms with Crippen LogP contribution in [-0.4, -0.2) is 37.8 Å². The summed E-state index contributed by atoms with van der Waals surface area (Å²) in [6, 6.07) is 0.957. The highest BCUT2D eigenvalue weighted by Crippen LogP contribution is 2.28. The van der Waals surface area contributed by atoms with Crippen LogP contribution in [0.5, 0.6) is 0 Å². The highest BCUT2D eigenvalue weighted by molar-refractivity contribution is 5.94. The van der Waals surface area contributed by atoms with Crippen molar-refractivity contribution in [2.45, 2.75) is 0 Å². The van der Waals surface area contributed by atoms with Crippen LogP contribution in [0.4, 0.5) is 20.2 Å². The number of hydrogen-bond acceptors (Lipinski definition) is 5. The molecule has 7 nitrogen and oxygen atoms in total. The largest absolute Gasteiger partial charge is 0.382 e. The third kappa shape index (κ3) is 4.52. The molecular formula is C11H12F2N2O5. The summed E-state index contributed by atoms with van der Waals surface area (Å²) < 4.78 is 35.9. The number of carbonyl (C=O) groups excluding carboxylic acids is 1. The minimum absolute atomic E-state index is 0.137. The Bertz CT molecular complexity index is 510. The summed E-state index contributed by atoms with van der Waals surface area (Å²) in [5.41, 5.74) is -1.57. The van der Waals surface area contributed by atoms with E-state index >= 15 is 0 Å². The fraction of sp³-hybridized carbons (Fsp3) is 0.364. The van der Waals surface area contributed by atoms with E-state index in [-0.39, 0.29) is 13.2 Å². The summed E-state index contributed by atoms with van der Waals surface area (Å²) in [6.45, 7) is -0.0341. The van der Waals surface area contributed by atoms with Crippen molar-refractivity contribution in [3.8, 4) is 0 Å². The zero-order valence-electron chi connectivity index (χ0n) is 10.5. The molecular weight excluding hydrogens is 278 g/mol.